The van der Waals surface area contributed by atoms with Crippen LogP contribution in [0.3, 0.4) is 0 Å². The highest BCUT2D eigenvalue weighted by atomic mass is 16.3. The van der Waals surface area contributed by atoms with E-state index >= 15 is 0 Å². The molecule has 0 aliphatic rings. The van der Waals surface area contributed by atoms with Crippen molar-refractivity contribution in [1.82, 2.24) is 5.32 Å². The van der Waals surface area contributed by atoms with Crippen LogP contribution >= 0.6 is 0 Å². The lowest BCUT2D eigenvalue weighted by molar-refractivity contribution is 0.229. The molecule has 3 N–H and O–H groups in total. The number of nitrogens with one attached hydrogen (secondary N) is 2. The van der Waals surface area contributed by atoms with Gasteiger partial charge in [-0.05, 0) is 26.0 Å². The Hall–Kier alpha value is -1.55. The topological polar surface area (TPSA) is 61.4 Å². The molecule has 4 heteroatoms. The van der Waals surface area contributed by atoms with Crippen molar-refractivity contribution >= 4 is 11.7 Å². The molecule has 0 bridgehead atoms. The van der Waals surface area contributed by atoms with E-state index in [1.165, 1.54) is 0 Å². The maximum Gasteiger partial charge on any atom is 0.319 e. The Morgan fingerprint density at radius 1 is 1.40 bits per heavy atom. The SMILES string of the molecule is Cc1ccc(NC(=O)N[C@H](C)CO)cc1. The Balaban J connectivity index is 2.48. The number of aryl methyl sites for hydroxylation is 1. The van der Waals surface area contributed by atoms with Crippen LogP contribution in [0.1, 0.15) is 12.5 Å². The third-order valence-electron chi connectivity index (χ3n) is 1.96. The number of aliphatic hydroxyl groups excluding tert-OH is 1. The van der Waals surface area contributed by atoms with Gasteiger partial charge in [0.2, 0.25) is 0 Å². The Labute approximate surface area is 89.3 Å². The van der Waals surface area contributed by atoms with Gasteiger partial charge in [-0.25, -0.2) is 4.79 Å². The third kappa shape index (κ3) is 3.99. The summed E-state index contributed by atoms with van der Waals surface area (Å²) in [5, 5.41) is 14.0. The van der Waals surface area contributed by atoms with Crippen molar-refractivity contribution in [2.24, 2.45) is 0 Å². The van der Waals surface area contributed by atoms with Crippen LogP contribution in [0.2, 0.25) is 0 Å². The van der Waals surface area contributed by atoms with E-state index in [9.17, 15) is 4.79 Å². The van der Waals surface area contributed by atoms with Crippen molar-refractivity contribution < 1.29 is 9.90 Å². The zero-order valence-corrected chi connectivity index (χ0v) is 8.95. The lowest BCUT2D eigenvalue weighted by Gasteiger charge is -2.11. The van der Waals surface area contributed by atoms with E-state index in [1.54, 1.807) is 6.92 Å². The zero-order chi connectivity index (χ0) is 11.3. The van der Waals surface area contributed by atoms with Gasteiger partial charge in [-0.15, -0.1) is 0 Å². The maximum atomic E-state index is 11.3. The van der Waals surface area contributed by atoms with Crippen molar-refractivity contribution in [2.75, 3.05) is 11.9 Å². The van der Waals surface area contributed by atoms with Crippen LogP contribution in [0.5, 0.6) is 0 Å². The number of benzene rings is 1. The molecule has 0 fully saturated rings. The molecule has 1 aromatic rings. The molecule has 2 amide bonds. The largest absolute Gasteiger partial charge is 0.394 e. The highest BCUT2D eigenvalue weighted by molar-refractivity contribution is 5.89. The summed E-state index contributed by atoms with van der Waals surface area (Å²) in [5.74, 6) is 0. The average molecular weight is 208 g/mol. The summed E-state index contributed by atoms with van der Waals surface area (Å²) in [6.07, 6.45) is 0. The molecule has 1 rings (SSSR count). The molecule has 1 atom stereocenters. The number of hydrogen-bond donors (Lipinski definition) is 3. The lowest BCUT2D eigenvalue weighted by Crippen LogP contribution is -2.38. The molecule has 0 spiro atoms. The van der Waals surface area contributed by atoms with E-state index in [1.807, 2.05) is 31.2 Å². The first-order valence-corrected chi connectivity index (χ1v) is 4.87. The van der Waals surface area contributed by atoms with Gasteiger partial charge >= 0.3 is 6.03 Å². The quantitative estimate of drug-likeness (QED) is 0.705. The fraction of sp³-hybridized carbons (Fsp3) is 0.364. The number of hydrogen-bond acceptors (Lipinski definition) is 2. The summed E-state index contributed by atoms with van der Waals surface area (Å²) in [5.41, 5.74) is 1.88. The van der Waals surface area contributed by atoms with Crippen molar-refractivity contribution in [3.63, 3.8) is 0 Å². The van der Waals surface area contributed by atoms with E-state index in [0.29, 0.717) is 0 Å². The molecule has 0 aromatic heterocycles. The minimum Gasteiger partial charge on any atom is -0.394 e. The molecule has 4 nitrogen and oxygen atoms in total. The van der Waals surface area contributed by atoms with Gasteiger partial charge in [-0.2, -0.15) is 0 Å². The molecule has 0 aliphatic carbocycles. The highest BCUT2D eigenvalue weighted by Crippen LogP contribution is 2.07. The first-order valence-electron chi connectivity index (χ1n) is 4.87. The normalized spacial score (nSPS) is 11.9. The van der Waals surface area contributed by atoms with E-state index in [-0.39, 0.29) is 18.7 Å². The maximum absolute atomic E-state index is 11.3. The molecule has 0 heterocycles. The van der Waals surface area contributed by atoms with Crippen LogP contribution in [-0.4, -0.2) is 23.8 Å². The Morgan fingerprint density at radius 2 is 2.00 bits per heavy atom. The average Bonchev–Trinajstić information content (AvgIpc) is 2.21. The van der Waals surface area contributed by atoms with Gasteiger partial charge in [0.15, 0.2) is 0 Å². The van der Waals surface area contributed by atoms with Crippen LogP contribution in [0.25, 0.3) is 0 Å². The Bertz CT molecular complexity index is 322. The van der Waals surface area contributed by atoms with Gasteiger partial charge in [0, 0.05) is 5.69 Å². The van der Waals surface area contributed by atoms with Gasteiger partial charge in [-0.3, -0.25) is 0 Å². The lowest BCUT2D eigenvalue weighted by atomic mass is 10.2. The van der Waals surface area contributed by atoms with Gasteiger partial charge in [0.25, 0.3) is 0 Å². The van der Waals surface area contributed by atoms with Crippen LogP contribution in [-0.2, 0) is 0 Å². The second-order valence-electron chi connectivity index (χ2n) is 3.55. The molecule has 15 heavy (non-hydrogen) atoms. The predicted molar refractivity (Wildman–Crippen MR) is 59.9 cm³/mol. The number of aliphatic hydroxyl groups is 1. The standard InChI is InChI=1S/C11H16N2O2/c1-8-3-5-10(6-4-8)13-11(15)12-9(2)7-14/h3-6,9,14H,7H2,1-2H3,(H2,12,13,15)/t9-/m1/s1. The third-order valence-corrected chi connectivity index (χ3v) is 1.96. The summed E-state index contributed by atoms with van der Waals surface area (Å²) in [6.45, 7) is 3.65. The van der Waals surface area contributed by atoms with E-state index in [2.05, 4.69) is 10.6 Å². The highest BCUT2D eigenvalue weighted by Gasteiger charge is 2.05. The Morgan fingerprint density at radius 3 is 2.53 bits per heavy atom. The van der Waals surface area contributed by atoms with Crippen LogP contribution in [0, 0.1) is 6.92 Å². The van der Waals surface area contributed by atoms with Crippen molar-refractivity contribution in [3.05, 3.63) is 29.8 Å². The minimum absolute atomic E-state index is 0.0681. The number of carbonyl (C=O) groups excluding carboxylic acids is 1. The van der Waals surface area contributed by atoms with Gasteiger partial charge in [0.05, 0.1) is 12.6 Å². The second-order valence-corrected chi connectivity index (χ2v) is 3.55. The number of amides is 2. The summed E-state index contributed by atoms with van der Waals surface area (Å²) in [7, 11) is 0. The summed E-state index contributed by atoms with van der Waals surface area (Å²) in [6, 6.07) is 6.96. The van der Waals surface area contributed by atoms with Crippen molar-refractivity contribution in [1.29, 1.82) is 0 Å². The molecular formula is C11H16N2O2. The monoisotopic (exact) mass is 208 g/mol. The van der Waals surface area contributed by atoms with Crippen molar-refractivity contribution in [3.8, 4) is 0 Å². The molecule has 0 radical (unpaired) electrons. The summed E-state index contributed by atoms with van der Waals surface area (Å²) < 4.78 is 0. The molecule has 0 saturated carbocycles. The minimum atomic E-state index is -0.305. The fourth-order valence-corrected chi connectivity index (χ4v) is 1.07. The van der Waals surface area contributed by atoms with E-state index in [4.69, 9.17) is 5.11 Å². The molecule has 1 aromatic carbocycles. The van der Waals surface area contributed by atoms with Crippen LogP contribution < -0.4 is 10.6 Å². The first kappa shape index (κ1) is 11.5. The molecule has 0 unspecified atom stereocenters. The fourth-order valence-electron chi connectivity index (χ4n) is 1.07. The predicted octanol–water partition coefficient (Wildman–Crippen LogP) is 1.50. The number of urea groups is 1. The number of anilines is 1. The first-order chi connectivity index (χ1) is 7.11. The smallest absolute Gasteiger partial charge is 0.319 e. The van der Waals surface area contributed by atoms with Crippen LogP contribution in [0.15, 0.2) is 24.3 Å². The number of rotatable bonds is 3. The summed E-state index contributed by atoms with van der Waals surface area (Å²) in [4.78, 5) is 11.3. The molecule has 82 valence electrons. The molecule has 0 saturated heterocycles. The van der Waals surface area contributed by atoms with Gasteiger partial charge < -0.3 is 15.7 Å². The number of carbonyl (C=O) groups is 1. The molecular weight excluding hydrogens is 192 g/mol. The van der Waals surface area contributed by atoms with E-state index in [0.717, 1.165) is 11.3 Å². The van der Waals surface area contributed by atoms with Crippen LogP contribution in [0.4, 0.5) is 10.5 Å². The van der Waals surface area contributed by atoms with E-state index < -0.39 is 0 Å². The zero-order valence-electron chi connectivity index (χ0n) is 8.95. The second kappa shape index (κ2) is 5.36. The Kier molecular flexibility index (Phi) is 4.12. The summed E-state index contributed by atoms with van der Waals surface area (Å²) >= 11 is 0. The van der Waals surface area contributed by atoms with Crippen molar-refractivity contribution in [2.45, 2.75) is 19.9 Å². The molecule has 0 aliphatic heterocycles. The van der Waals surface area contributed by atoms with Gasteiger partial charge in [-0.1, -0.05) is 17.7 Å². The van der Waals surface area contributed by atoms with Gasteiger partial charge in [0.1, 0.15) is 0 Å².